The molecular weight excluding hydrogens is 241 g/mol. The number of hydrogen-bond acceptors (Lipinski definition) is 4. The largest absolute Gasteiger partial charge is 0.444 e. The van der Waals surface area contributed by atoms with Gasteiger partial charge in [-0.3, -0.25) is 0 Å². The maximum atomic E-state index is 11.4. The second-order valence-corrected chi connectivity index (χ2v) is 5.46. The van der Waals surface area contributed by atoms with Gasteiger partial charge in [-0.1, -0.05) is 6.92 Å². The fourth-order valence-electron chi connectivity index (χ4n) is 2.51. The third-order valence-electron chi connectivity index (χ3n) is 3.50. The quantitative estimate of drug-likeness (QED) is 0.439. The zero-order valence-corrected chi connectivity index (χ0v) is 13.1. The molecule has 7 heteroatoms. The molecule has 0 bridgehead atoms. The van der Waals surface area contributed by atoms with Crippen molar-refractivity contribution in [2.45, 2.75) is 33.1 Å². The third-order valence-corrected chi connectivity index (χ3v) is 3.50. The molecule has 0 N–H and O–H groups in total. The molecule has 19 heavy (non-hydrogen) atoms. The summed E-state index contributed by atoms with van der Waals surface area (Å²) in [5, 5.41) is 0. The minimum Gasteiger partial charge on any atom is -0.444 e. The number of rotatable bonds is 12. The van der Waals surface area contributed by atoms with E-state index in [1.54, 1.807) is 31.1 Å². The van der Waals surface area contributed by atoms with E-state index in [1.165, 1.54) is 0 Å². The van der Waals surface area contributed by atoms with E-state index < -0.39 is 0 Å². The highest BCUT2D eigenvalue weighted by atomic mass is 16.4. The molecule has 0 spiro atoms. The summed E-state index contributed by atoms with van der Waals surface area (Å²) in [7, 11) is 5.12. The lowest BCUT2D eigenvalue weighted by molar-refractivity contribution is -0.118. The first kappa shape index (κ1) is 18.7. The lowest BCUT2D eigenvalue weighted by Gasteiger charge is -2.28. The number of ketones is 1. The van der Waals surface area contributed by atoms with Crippen LogP contribution in [0.2, 0.25) is 0 Å². The van der Waals surface area contributed by atoms with Gasteiger partial charge in [-0.05, 0) is 37.5 Å². The van der Waals surface area contributed by atoms with Gasteiger partial charge in [0.2, 0.25) is 0 Å². The van der Waals surface area contributed by atoms with Crippen LogP contribution in [0, 0.1) is 17.8 Å². The van der Waals surface area contributed by atoms with Gasteiger partial charge >= 0.3 is 0 Å². The molecule has 0 rings (SSSR count). The molecule has 0 aromatic rings. The molecule has 0 aliphatic rings. The molecule has 0 saturated carbocycles. The summed E-state index contributed by atoms with van der Waals surface area (Å²) in [5.41, 5.74) is 0. The summed E-state index contributed by atoms with van der Waals surface area (Å²) >= 11 is 0. The minimum absolute atomic E-state index is 0.215. The Morgan fingerprint density at radius 1 is 1.05 bits per heavy atom. The second kappa shape index (κ2) is 11.6. The summed E-state index contributed by atoms with van der Waals surface area (Å²) in [6.07, 6.45) is 2.65. The van der Waals surface area contributed by atoms with E-state index in [2.05, 4.69) is 6.92 Å². The van der Waals surface area contributed by atoms with Gasteiger partial charge in [0.15, 0.2) is 0 Å². The average Bonchev–Trinajstić information content (AvgIpc) is 2.35. The fourth-order valence-corrected chi connectivity index (χ4v) is 2.51. The first-order valence-corrected chi connectivity index (χ1v) is 7.01. The van der Waals surface area contributed by atoms with Gasteiger partial charge in [-0.15, -0.1) is 0 Å². The first-order chi connectivity index (χ1) is 9.04. The predicted octanol–water partition coefficient (Wildman–Crippen LogP) is -0.692. The number of hydrogen-bond donors (Lipinski definition) is 0. The van der Waals surface area contributed by atoms with Gasteiger partial charge in [0.25, 0.3) is 24.1 Å². The van der Waals surface area contributed by atoms with E-state index >= 15 is 0 Å². The summed E-state index contributed by atoms with van der Waals surface area (Å²) in [5.74, 6) is 1.38. The number of carbonyl (C=O) groups excluding carboxylic acids is 1. The van der Waals surface area contributed by atoms with E-state index in [4.69, 9.17) is 14.0 Å². The van der Waals surface area contributed by atoms with E-state index in [0.29, 0.717) is 31.5 Å². The van der Waals surface area contributed by atoms with Crippen molar-refractivity contribution >= 4 is 29.9 Å². The molecule has 0 aromatic carbocycles. The molecule has 4 nitrogen and oxygen atoms in total. The van der Waals surface area contributed by atoms with E-state index in [9.17, 15) is 4.79 Å². The Labute approximate surface area is 120 Å². The Balaban J connectivity index is 4.48. The molecule has 0 aliphatic heterocycles. The Hall–Kier alpha value is -0.255. The molecule has 0 aromatic heterocycles. The predicted molar refractivity (Wildman–Crippen MR) is 84.2 cm³/mol. The molecule has 108 valence electrons. The molecule has 0 amide bonds. The lowest BCUT2D eigenvalue weighted by atomic mass is 9.82. The van der Waals surface area contributed by atoms with Gasteiger partial charge < -0.3 is 18.8 Å². The van der Waals surface area contributed by atoms with Crippen molar-refractivity contribution in [1.29, 1.82) is 0 Å². The van der Waals surface area contributed by atoms with Crippen LogP contribution >= 0.6 is 0 Å². The monoisotopic (exact) mass is 268 g/mol. The molecule has 0 radical (unpaired) electrons. The fraction of sp³-hybridized carbons (Fsp3) is 0.917. The van der Waals surface area contributed by atoms with Crippen LogP contribution in [0.5, 0.6) is 0 Å². The van der Waals surface area contributed by atoms with Crippen molar-refractivity contribution in [2.24, 2.45) is 17.8 Å². The van der Waals surface area contributed by atoms with Crippen molar-refractivity contribution in [2.75, 3.05) is 19.8 Å². The van der Waals surface area contributed by atoms with Crippen LogP contribution in [0.3, 0.4) is 0 Å². The van der Waals surface area contributed by atoms with Crippen LogP contribution in [0.4, 0.5) is 0 Å². The Bertz CT molecular complexity index is 241. The van der Waals surface area contributed by atoms with Crippen LogP contribution in [0.25, 0.3) is 0 Å². The van der Waals surface area contributed by atoms with Gasteiger partial charge in [0.1, 0.15) is 5.78 Å². The van der Waals surface area contributed by atoms with E-state index in [-0.39, 0.29) is 11.7 Å². The summed E-state index contributed by atoms with van der Waals surface area (Å²) in [4.78, 5) is 11.4. The maximum Gasteiger partial charge on any atom is 0.257 e. The molecule has 0 fully saturated rings. The summed E-state index contributed by atoms with van der Waals surface area (Å²) < 4.78 is 15.7. The Kier molecular flexibility index (Phi) is 11.4. The van der Waals surface area contributed by atoms with Crippen molar-refractivity contribution in [3.63, 3.8) is 0 Å². The summed E-state index contributed by atoms with van der Waals surface area (Å²) in [6.45, 7) is 5.94. The Morgan fingerprint density at radius 2 is 1.63 bits per heavy atom. The highest BCUT2D eigenvalue weighted by molar-refractivity contribution is 5.98. The maximum absolute atomic E-state index is 11.4. The number of carbonyl (C=O) groups is 1. The first-order valence-electron chi connectivity index (χ1n) is 7.01. The van der Waals surface area contributed by atoms with Crippen molar-refractivity contribution < 1.29 is 18.8 Å². The van der Waals surface area contributed by atoms with Gasteiger partial charge in [-0.25, -0.2) is 0 Å². The normalized spacial score (nSPS) is 15.9. The standard InChI is InChI=1S/C12H27B3O4/c1-9(3-4-17-13)5-11(7-18-14)12(8-19-15)6-10(2)16/h9,11-12H,3-8,13-15H2,1-2H3. The van der Waals surface area contributed by atoms with Gasteiger partial charge in [0, 0.05) is 26.2 Å². The Morgan fingerprint density at radius 3 is 2.11 bits per heavy atom. The average molecular weight is 268 g/mol. The van der Waals surface area contributed by atoms with Gasteiger partial charge in [-0.2, -0.15) is 0 Å². The van der Waals surface area contributed by atoms with Crippen LogP contribution in [-0.4, -0.2) is 49.8 Å². The van der Waals surface area contributed by atoms with Crippen molar-refractivity contribution in [1.82, 2.24) is 0 Å². The smallest absolute Gasteiger partial charge is 0.257 e. The van der Waals surface area contributed by atoms with E-state index in [0.717, 1.165) is 19.4 Å². The zero-order chi connectivity index (χ0) is 14.7. The lowest BCUT2D eigenvalue weighted by Crippen LogP contribution is -2.28. The van der Waals surface area contributed by atoms with Crippen LogP contribution in [-0.2, 0) is 18.8 Å². The summed E-state index contributed by atoms with van der Waals surface area (Å²) in [6, 6.07) is 0. The van der Waals surface area contributed by atoms with Crippen molar-refractivity contribution in [3.8, 4) is 0 Å². The second-order valence-electron chi connectivity index (χ2n) is 5.46. The van der Waals surface area contributed by atoms with Crippen LogP contribution in [0.1, 0.15) is 33.1 Å². The molecule has 0 saturated heterocycles. The minimum atomic E-state index is 0.215. The van der Waals surface area contributed by atoms with Crippen molar-refractivity contribution in [3.05, 3.63) is 0 Å². The molecule has 0 aliphatic carbocycles. The van der Waals surface area contributed by atoms with Crippen LogP contribution < -0.4 is 0 Å². The molecular formula is C12H27B3O4. The van der Waals surface area contributed by atoms with E-state index in [1.807, 2.05) is 0 Å². The topological polar surface area (TPSA) is 44.8 Å². The third kappa shape index (κ3) is 9.30. The number of Topliss-reactive ketones (excluding diaryl/α,β-unsaturated/α-hetero) is 1. The zero-order valence-electron chi connectivity index (χ0n) is 13.1. The highest BCUT2D eigenvalue weighted by Crippen LogP contribution is 2.26. The van der Waals surface area contributed by atoms with Gasteiger partial charge in [0.05, 0.1) is 0 Å². The molecule has 0 heterocycles. The van der Waals surface area contributed by atoms with Crippen LogP contribution in [0.15, 0.2) is 0 Å². The molecule has 3 unspecified atom stereocenters. The SMILES string of the molecule is BOCCC(C)CC(COB)C(COB)CC(C)=O. The highest BCUT2D eigenvalue weighted by Gasteiger charge is 2.24. The molecule has 3 atom stereocenters.